The predicted molar refractivity (Wildman–Crippen MR) is 79.6 cm³/mol. The molecule has 1 radical (unpaired) electrons. The minimum absolute atomic E-state index is 0. The molecule has 0 bridgehead atoms. The fourth-order valence-electron chi connectivity index (χ4n) is 1.80. The molecule has 0 spiro atoms. The molecule has 0 atom stereocenters. The number of benzene rings is 1. The number of likely N-dealkylation sites (N-methyl/N-ethyl adjacent to an activating group) is 1. The summed E-state index contributed by atoms with van der Waals surface area (Å²) in [5, 5.41) is 0.489. The van der Waals surface area contributed by atoms with Crippen molar-refractivity contribution in [1.29, 1.82) is 0 Å². The topological polar surface area (TPSA) is 12.5 Å². The average Bonchev–Trinajstić information content (AvgIpc) is 2.44. The Morgan fingerprint density at radius 3 is 2.81 bits per heavy atom. The molecule has 0 aliphatic carbocycles. The molecule has 0 amide bonds. The molecule has 107 valence electrons. The molecule has 0 saturated carbocycles. The molecule has 0 fully saturated rings. The number of nitrogens with zero attached hydrogens (tertiary/aromatic N) is 1. The maximum Gasteiger partial charge on any atom is 0.120 e. The van der Waals surface area contributed by atoms with Crippen molar-refractivity contribution < 1.29 is 41.8 Å². The SMILES string of the molecule is C=CCOc1ccc(C2=[C-]C=C(Cl)C(=C)N2C)c(F)c1.[Y]. The zero-order chi connectivity index (χ0) is 14.7. The summed E-state index contributed by atoms with van der Waals surface area (Å²) in [6.07, 6.45) is 6.15. The Hall–Kier alpha value is -0.896. The van der Waals surface area contributed by atoms with Crippen LogP contribution in [-0.2, 0) is 32.7 Å². The number of ether oxygens (including phenoxy) is 1. The fraction of sp³-hybridized carbons (Fsp3) is 0.125. The summed E-state index contributed by atoms with van der Waals surface area (Å²) in [5.41, 5.74) is 1.60. The van der Waals surface area contributed by atoms with Gasteiger partial charge >= 0.3 is 0 Å². The Morgan fingerprint density at radius 2 is 2.19 bits per heavy atom. The first kappa shape index (κ1) is 18.2. The van der Waals surface area contributed by atoms with E-state index < -0.39 is 0 Å². The molecule has 0 N–H and O–H groups in total. The smallest absolute Gasteiger partial charge is 0.120 e. The van der Waals surface area contributed by atoms with E-state index in [-0.39, 0.29) is 38.5 Å². The molecule has 21 heavy (non-hydrogen) atoms. The van der Waals surface area contributed by atoms with Gasteiger partial charge in [0.25, 0.3) is 0 Å². The minimum atomic E-state index is -0.389. The number of halogens is 2. The number of rotatable bonds is 4. The van der Waals surface area contributed by atoms with Gasteiger partial charge in [0, 0.05) is 45.8 Å². The van der Waals surface area contributed by atoms with Gasteiger partial charge in [0.2, 0.25) is 0 Å². The van der Waals surface area contributed by atoms with E-state index in [2.05, 4.69) is 19.2 Å². The van der Waals surface area contributed by atoms with E-state index in [9.17, 15) is 4.39 Å². The standard InChI is InChI=1S/C16H14ClFNO.Y/c1-4-9-20-12-5-6-13(15(18)10-12)16-8-7-14(17)11(2)19(16)3;/h4-7,10H,1-2,9H2,3H3;/q-1;. The van der Waals surface area contributed by atoms with Gasteiger partial charge in [-0.1, -0.05) is 30.5 Å². The van der Waals surface area contributed by atoms with Crippen molar-refractivity contribution in [3.8, 4) is 5.75 Å². The van der Waals surface area contributed by atoms with Crippen molar-refractivity contribution in [2.24, 2.45) is 0 Å². The Kier molecular flexibility index (Phi) is 6.85. The largest absolute Gasteiger partial charge is 0.490 e. The summed E-state index contributed by atoms with van der Waals surface area (Å²) in [6, 6.07) is 4.68. The summed E-state index contributed by atoms with van der Waals surface area (Å²) < 4.78 is 19.5. The Morgan fingerprint density at radius 1 is 1.48 bits per heavy atom. The van der Waals surface area contributed by atoms with Crippen molar-refractivity contribution in [2.75, 3.05) is 13.7 Å². The van der Waals surface area contributed by atoms with Crippen molar-refractivity contribution in [1.82, 2.24) is 4.90 Å². The molecule has 2 nitrogen and oxygen atoms in total. The van der Waals surface area contributed by atoms with E-state index in [1.807, 2.05) is 0 Å². The van der Waals surface area contributed by atoms with Crippen LogP contribution < -0.4 is 4.74 Å². The molecule has 1 aliphatic heterocycles. The van der Waals surface area contributed by atoms with Crippen LogP contribution in [0.3, 0.4) is 0 Å². The van der Waals surface area contributed by atoms with E-state index in [0.717, 1.165) is 0 Å². The molecule has 5 heteroatoms. The third kappa shape index (κ3) is 4.06. The van der Waals surface area contributed by atoms with Crippen LogP contribution in [0.15, 0.2) is 54.2 Å². The first-order chi connectivity index (χ1) is 9.54. The number of allylic oxidation sites excluding steroid dienone is 3. The van der Waals surface area contributed by atoms with E-state index in [1.54, 1.807) is 36.2 Å². The molecule has 1 heterocycles. The second-order valence-corrected chi connectivity index (χ2v) is 4.64. The second-order valence-electron chi connectivity index (χ2n) is 4.23. The summed E-state index contributed by atoms with van der Waals surface area (Å²) in [4.78, 5) is 1.70. The molecule has 0 aromatic heterocycles. The van der Waals surface area contributed by atoms with Gasteiger partial charge < -0.3 is 9.64 Å². The normalized spacial score (nSPS) is 14.0. The maximum atomic E-state index is 14.2. The van der Waals surface area contributed by atoms with Gasteiger partial charge in [-0.2, -0.15) is 23.8 Å². The summed E-state index contributed by atoms with van der Waals surface area (Å²) in [7, 11) is 1.77. The maximum absolute atomic E-state index is 14.2. The van der Waals surface area contributed by atoms with E-state index in [0.29, 0.717) is 34.3 Å². The first-order valence-electron chi connectivity index (χ1n) is 6.00. The molecule has 2 rings (SSSR count). The van der Waals surface area contributed by atoms with Crippen molar-refractivity contribution in [3.05, 3.63) is 71.7 Å². The van der Waals surface area contributed by atoms with Crippen LogP contribution in [0.25, 0.3) is 5.70 Å². The molecule has 0 saturated heterocycles. The van der Waals surface area contributed by atoms with Gasteiger partial charge in [-0.15, -0.1) is 6.07 Å². The molecular weight excluding hydrogens is 366 g/mol. The van der Waals surface area contributed by atoms with Crippen LogP contribution in [0.2, 0.25) is 0 Å². The van der Waals surface area contributed by atoms with Crippen LogP contribution in [0.1, 0.15) is 5.56 Å². The quantitative estimate of drug-likeness (QED) is 0.576. The van der Waals surface area contributed by atoms with Crippen LogP contribution in [0, 0.1) is 11.9 Å². The van der Waals surface area contributed by atoms with Gasteiger partial charge in [0.05, 0.1) is 5.82 Å². The molecule has 1 aliphatic rings. The predicted octanol–water partition coefficient (Wildman–Crippen LogP) is 4.11. The third-order valence-corrected chi connectivity index (χ3v) is 3.24. The van der Waals surface area contributed by atoms with Crippen LogP contribution >= 0.6 is 11.6 Å². The monoisotopic (exact) mass is 379 g/mol. The van der Waals surface area contributed by atoms with Gasteiger partial charge in [-0.05, 0) is 16.8 Å². The van der Waals surface area contributed by atoms with Gasteiger partial charge in [-0.25, -0.2) is 4.39 Å². The Bertz CT molecular complexity index is 625. The van der Waals surface area contributed by atoms with Gasteiger partial charge in [0.15, 0.2) is 0 Å². The molecular formula is C16H14ClFNOY-. The second kappa shape index (κ2) is 7.93. The minimum Gasteiger partial charge on any atom is -0.490 e. The zero-order valence-corrected chi connectivity index (χ0v) is 15.3. The first-order valence-corrected chi connectivity index (χ1v) is 6.38. The molecule has 1 aromatic carbocycles. The van der Waals surface area contributed by atoms with Crippen molar-refractivity contribution in [3.63, 3.8) is 0 Å². The third-order valence-electron chi connectivity index (χ3n) is 2.92. The Balaban J connectivity index is 0.00000220. The summed E-state index contributed by atoms with van der Waals surface area (Å²) in [6.45, 7) is 7.73. The zero-order valence-electron chi connectivity index (χ0n) is 11.7. The van der Waals surface area contributed by atoms with Gasteiger partial charge in [0.1, 0.15) is 12.4 Å². The summed E-state index contributed by atoms with van der Waals surface area (Å²) in [5.74, 6) is 0.0674. The number of hydrogen-bond acceptors (Lipinski definition) is 2. The molecule has 1 aromatic rings. The fourth-order valence-corrected chi connectivity index (χ4v) is 1.98. The van der Waals surface area contributed by atoms with Crippen LogP contribution in [0.4, 0.5) is 4.39 Å². The van der Waals surface area contributed by atoms with Crippen LogP contribution in [0.5, 0.6) is 5.75 Å². The average molecular weight is 380 g/mol. The van der Waals surface area contributed by atoms with Crippen LogP contribution in [-0.4, -0.2) is 18.6 Å². The van der Waals surface area contributed by atoms with E-state index in [4.69, 9.17) is 16.3 Å². The van der Waals surface area contributed by atoms with Gasteiger partial charge in [-0.3, -0.25) is 0 Å². The van der Waals surface area contributed by atoms with Crippen molar-refractivity contribution in [2.45, 2.75) is 0 Å². The van der Waals surface area contributed by atoms with Crippen molar-refractivity contribution >= 4 is 17.3 Å². The summed E-state index contributed by atoms with van der Waals surface area (Å²) >= 11 is 5.96. The molecule has 0 unspecified atom stereocenters. The number of hydrogen-bond donors (Lipinski definition) is 0. The van der Waals surface area contributed by atoms with E-state index in [1.165, 1.54) is 6.07 Å². The van der Waals surface area contributed by atoms with E-state index >= 15 is 0 Å². The Labute approximate surface area is 154 Å².